The van der Waals surface area contributed by atoms with Crippen molar-refractivity contribution >= 4 is 11.6 Å². The third-order valence-electron chi connectivity index (χ3n) is 2.74. The monoisotopic (exact) mass is 271 g/mol. The Bertz CT molecular complexity index is 568. The fourth-order valence-electron chi connectivity index (χ4n) is 1.78. The molecule has 2 N–H and O–H groups in total. The fraction of sp³-hybridized carbons (Fsp3) is 0.250. The second-order valence-electron chi connectivity index (χ2n) is 3.84. The van der Waals surface area contributed by atoms with E-state index in [9.17, 15) is 8.78 Å². The van der Waals surface area contributed by atoms with Crippen LogP contribution in [-0.2, 0) is 6.54 Å². The van der Waals surface area contributed by atoms with Crippen molar-refractivity contribution in [3.8, 4) is 0 Å². The zero-order chi connectivity index (χ0) is 13.3. The van der Waals surface area contributed by atoms with Gasteiger partial charge in [0.25, 0.3) is 0 Å². The molecule has 2 aromatic rings. The van der Waals surface area contributed by atoms with Crippen LogP contribution in [0.4, 0.5) is 8.78 Å². The summed E-state index contributed by atoms with van der Waals surface area (Å²) in [6, 6.07) is 1.11. The third kappa shape index (κ3) is 2.23. The minimum absolute atomic E-state index is 0.0396. The van der Waals surface area contributed by atoms with Crippen LogP contribution in [0.25, 0.3) is 0 Å². The predicted octanol–water partition coefficient (Wildman–Crippen LogP) is 2.88. The normalized spacial score (nSPS) is 12.7. The molecule has 1 aromatic carbocycles. The second-order valence-corrected chi connectivity index (χ2v) is 4.24. The number of rotatable bonds is 3. The highest BCUT2D eigenvalue weighted by Gasteiger charge is 2.20. The van der Waals surface area contributed by atoms with Crippen molar-refractivity contribution in [3.63, 3.8) is 0 Å². The molecule has 1 heterocycles. The van der Waals surface area contributed by atoms with Gasteiger partial charge in [-0.2, -0.15) is 0 Å². The average Bonchev–Trinajstić information content (AvgIpc) is 2.81. The second kappa shape index (κ2) is 5.04. The minimum Gasteiger partial charge on any atom is -0.334 e. The zero-order valence-corrected chi connectivity index (χ0v) is 10.5. The summed E-state index contributed by atoms with van der Waals surface area (Å²) in [5.41, 5.74) is 5.96. The summed E-state index contributed by atoms with van der Waals surface area (Å²) in [5.74, 6) is -0.851. The lowest BCUT2D eigenvalue weighted by molar-refractivity contribution is 0.563. The lowest BCUT2D eigenvalue weighted by Crippen LogP contribution is -2.19. The van der Waals surface area contributed by atoms with Crippen LogP contribution in [-0.4, -0.2) is 9.55 Å². The SMILES string of the molecule is CCn1ccnc1C(N)c1cc(F)c(Cl)cc1F. The Hall–Kier alpha value is -1.46. The highest BCUT2D eigenvalue weighted by Crippen LogP contribution is 2.26. The molecule has 0 aliphatic carbocycles. The van der Waals surface area contributed by atoms with E-state index in [0.717, 1.165) is 12.1 Å². The molecule has 3 nitrogen and oxygen atoms in total. The lowest BCUT2D eigenvalue weighted by atomic mass is 10.1. The van der Waals surface area contributed by atoms with Crippen molar-refractivity contribution in [2.24, 2.45) is 5.73 Å². The van der Waals surface area contributed by atoms with Crippen LogP contribution in [0, 0.1) is 11.6 Å². The summed E-state index contributed by atoms with van der Waals surface area (Å²) in [4.78, 5) is 4.07. The van der Waals surface area contributed by atoms with Crippen molar-refractivity contribution in [2.45, 2.75) is 19.5 Å². The summed E-state index contributed by atoms with van der Waals surface area (Å²) >= 11 is 5.50. The molecule has 18 heavy (non-hydrogen) atoms. The van der Waals surface area contributed by atoms with Gasteiger partial charge in [0.2, 0.25) is 0 Å². The van der Waals surface area contributed by atoms with Gasteiger partial charge >= 0.3 is 0 Å². The molecule has 0 aliphatic heterocycles. The van der Waals surface area contributed by atoms with Crippen molar-refractivity contribution < 1.29 is 8.78 Å². The van der Waals surface area contributed by atoms with Crippen LogP contribution in [0.2, 0.25) is 5.02 Å². The molecule has 1 atom stereocenters. The van der Waals surface area contributed by atoms with Gasteiger partial charge < -0.3 is 10.3 Å². The highest BCUT2D eigenvalue weighted by molar-refractivity contribution is 6.30. The van der Waals surface area contributed by atoms with Gasteiger partial charge in [0.15, 0.2) is 0 Å². The van der Waals surface area contributed by atoms with Crippen molar-refractivity contribution in [3.05, 3.63) is 52.6 Å². The summed E-state index contributed by atoms with van der Waals surface area (Å²) in [6.45, 7) is 2.57. The fourth-order valence-corrected chi connectivity index (χ4v) is 1.93. The molecule has 0 radical (unpaired) electrons. The van der Waals surface area contributed by atoms with Gasteiger partial charge in [0.1, 0.15) is 17.5 Å². The topological polar surface area (TPSA) is 43.8 Å². The number of hydrogen-bond acceptors (Lipinski definition) is 2. The van der Waals surface area contributed by atoms with Gasteiger partial charge in [-0.25, -0.2) is 13.8 Å². The van der Waals surface area contributed by atoms with Crippen LogP contribution >= 0.6 is 11.6 Å². The molecule has 0 saturated heterocycles. The highest BCUT2D eigenvalue weighted by atomic mass is 35.5. The number of halogens is 3. The maximum absolute atomic E-state index is 13.7. The molecule has 0 saturated carbocycles. The molecule has 1 aromatic heterocycles. The first-order valence-corrected chi connectivity index (χ1v) is 5.83. The van der Waals surface area contributed by atoms with Gasteiger partial charge in [-0.1, -0.05) is 11.6 Å². The maximum atomic E-state index is 13.7. The Labute approximate surface area is 108 Å². The Morgan fingerprint density at radius 2 is 2.11 bits per heavy atom. The van der Waals surface area contributed by atoms with Gasteiger partial charge in [0.05, 0.1) is 11.1 Å². The summed E-state index contributed by atoms with van der Waals surface area (Å²) in [5, 5.41) is -0.262. The summed E-state index contributed by atoms with van der Waals surface area (Å²) < 4.78 is 28.9. The van der Waals surface area contributed by atoms with Crippen LogP contribution in [0.3, 0.4) is 0 Å². The Morgan fingerprint density at radius 3 is 2.78 bits per heavy atom. The van der Waals surface area contributed by atoms with E-state index in [1.54, 1.807) is 17.0 Å². The quantitative estimate of drug-likeness (QED) is 0.873. The number of nitrogens with two attached hydrogens (primary N) is 1. The minimum atomic E-state index is -0.827. The Balaban J connectivity index is 2.46. The van der Waals surface area contributed by atoms with Crippen LogP contribution in [0.5, 0.6) is 0 Å². The van der Waals surface area contributed by atoms with E-state index in [-0.39, 0.29) is 10.6 Å². The van der Waals surface area contributed by atoms with E-state index in [1.165, 1.54) is 0 Å². The van der Waals surface area contributed by atoms with Crippen molar-refractivity contribution in [1.29, 1.82) is 0 Å². The Kier molecular flexibility index (Phi) is 3.63. The zero-order valence-electron chi connectivity index (χ0n) is 9.70. The van der Waals surface area contributed by atoms with E-state index in [4.69, 9.17) is 17.3 Å². The van der Waals surface area contributed by atoms with Gasteiger partial charge in [-0.3, -0.25) is 0 Å². The van der Waals surface area contributed by atoms with E-state index < -0.39 is 17.7 Å². The number of hydrogen-bond donors (Lipinski definition) is 1. The van der Waals surface area contributed by atoms with E-state index in [2.05, 4.69) is 4.98 Å². The molecule has 96 valence electrons. The molecular formula is C12H12ClF2N3. The number of benzene rings is 1. The number of aryl methyl sites for hydroxylation is 1. The van der Waals surface area contributed by atoms with Gasteiger partial charge in [0, 0.05) is 24.5 Å². The number of aromatic nitrogens is 2. The summed E-state index contributed by atoms with van der Waals surface area (Å²) in [6.07, 6.45) is 3.31. The standard InChI is InChI=1S/C12H12ClF2N3/c1-2-18-4-3-17-12(18)11(16)7-5-10(15)8(13)6-9(7)14/h3-6,11H,2,16H2,1H3. The first-order chi connectivity index (χ1) is 8.54. The van der Waals surface area contributed by atoms with Crippen molar-refractivity contribution in [1.82, 2.24) is 9.55 Å². The van der Waals surface area contributed by atoms with Gasteiger partial charge in [-0.05, 0) is 19.1 Å². The largest absolute Gasteiger partial charge is 0.334 e. The molecule has 2 rings (SSSR count). The molecule has 6 heteroatoms. The molecule has 0 aliphatic rings. The predicted molar refractivity (Wildman–Crippen MR) is 65.3 cm³/mol. The van der Waals surface area contributed by atoms with Crippen LogP contribution in [0.15, 0.2) is 24.5 Å². The van der Waals surface area contributed by atoms with Crippen molar-refractivity contribution in [2.75, 3.05) is 0 Å². The average molecular weight is 272 g/mol. The number of nitrogens with zero attached hydrogens (tertiary/aromatic N) is 2. The molecular weight excluding hydrogens is 260 g/mol. The van der Waals surface area contributed by atoms with Crippen LogP contribution in [0.1, 0.15) is 24.4 Å². The van der Waals surface area contributed by atoms with E-state index >= 15 is 0 Å². The number of imidazole rings is 1. The van der Waals surface area contributed by atoms with E-state index in [1.807, 2.05) is 6.92 Å². The summed E-state index contributed by atoms with van der Waals surface area (Å²) in [7, 11) is 0. The Morgan fingerprint density at radius 1 is 1.39 bits per heavy atom. The van der Waals surface area contributed by atoms with Gasteiger partial charge in [-0.15, -0.1) is 0 Å². The molecule has 0 amide bonds. The molecule has 0 fully saturated rings. The smallest absolute Gasteiger partial charge is 0.142 e. The molecule has 0 spiro atoms. The first kappa shape index (κ1) is 13.0. The lowest BCUT2D eigenvalue weighted by Gasteiger charge is -2.14. The molecule has 1 unspecified atom stereocenters. The van der Waals surface area contributed by atoms with Crippen LogP contribution < -0.4 is 5.73 Å². The molecule has 0 bridgehead atoms. The van der Waals surface area contributed by atoms with E-state index in [0.29, 0.717) is 12.4 Å². The first-order valence-electron chi connectivity index (χ1n) is 5.45. The third-order valence-corrected chi connectivity index (χ3v) is 3.03. The maximum Gasteiger partial charge on any atom is 0.142 e.